The number of amides is 2. The number of likely N-dealkylation sites (N-methyl/N-ethyl adjacent to an activating group) is 1. The summed E-state index contributed by atoms with van der Waals surface area (Å²) in [5.41, 5.74) is 1.70. The number of benzene rings is 2. The molecule has 0 aromatic heterocycles. The van der Waals surface area contributed by atoms with Crippen LogP contribution in [0.3, 0.4) is 0 Å². The maximum absolute atomic E-state index is 13.6. The number of rotatable bonds is 8. The second-order valence-electron chi connectivity index (χ2n) is 6.46. The molecule has 0 bridgehead atoms. The van der Waals surface area contributed by atoms with Gasteiger partial charge in [0, 0.05) is 17.6 Å². The average Bonchev–Trinajstić information content (AvgIpc) is 2.68. The van der Waals surface area contributed by atoms with Crippen molar-refractivity contribution >= 4 is 35.2 Å². The summed E-state index contributed by atoms with van der Waals surface area (Å²) in [5.74, 6) is -2.06. The highest BCUT2D eigenvalue weighted by molar-refractivity contribution is 8.00. The molecule has 0 saturated carbocycles. The van der Waals surface area contributed by atoms with Crippen LogP contribution in [-0.2, 0) is 19.1 Å². The maximum Gasteiger partial charge on any atom is 0.317 e. The van der Waals surface area contributed by atoms with Gasteiger partial charge in [-0.3, -0.25) is 14.4 Å². The Morgan fingerprint density at radius 2 is 1.79 bits per heavy atom. The van der Waals surface area contributed by atoms with Crippen molar-refractivity contribution in [1.82, 2.24) is 4.90 Å². The fourth-order valence-electron chi connectivity index (χ4n) is 2.42. The van der Waals surface area contributed by atoms with Crippen molar-refractivity contribution in [3.05, 3.63) is 59.9 Å². The highest BCUT2D eigenvalue weighted by Gasteiger charge is 2.23. The molecule has 0 aliphatic heterocycles. The number of halogens is 1. The van der Waals surface area contributed by atoms with E-state index in [-0.39, 0.29) is 18.2 Å². The zero-order valence-electron chi connectivity index (χ0n) is 16.5. The zero-order chi connectivity index (χ0) is 21.4. The topological polar surface area (TPSA) is 75.7 Å². The van der Waals surface area contributed by atoms with E-state index < -0.39 is 23.8 Å². The van der Waals surface area contributed by atoms with E-state index >= 15 is 0 Å². The van der Waals surface area contributed by atoms with Crippen LogP contribution in [0.25, 0.3) is 0 Å². The second-order valence-corrected chi connectivity index (χ2v) is 7.48. The molecule has 2 rings (SSSR count). The first-order chi connectivity index (χ1) is 13.8. The summed E-state index contributed by atoms with van der Waals surface area (Å²) in [7, 11) is 1.45. The molecule has 1 N–H and O–H groups in total. The molecule has 2 amide bonds. The lowest BCUT2D eigenvalue weighted by molar-refractivity contribution is -0.156. The fraction of sp³-hybridized carbons (Fsp3) is 0.286. The Hall–Kier alpha value is -2.87. The first kappa shape index (κ1) is 22.4. The minimum absolute atomic E-state index is 0.129. The molecule has 0 fully saturated rings. The molecule has 0 spiro atoms. The minimum atomic E-state index is -1.05. The number of anilines is 1. The number of nitrogens with zero attached hydrogens (tertiary/aromatic N) is 1. The summed E-state index contributed by atoms with van der Waals surface area (Å²) < 4.78 is 18.7. The molecule has 29 heavy (non-hydrogen) atoms. The van der Waals surface area contributed by atoms with Crippen molar-refractivity contribution in [3.8, 4) is 0 Å². The molecule has 2 aromatic carbocycles. The van der Waals surface area contributed by atoms with Gasteiger partial charge in [0.15, 0.2) is 6.10 Å². The van der Waals surface area contributed by atoms with Gasteiger partial charge in [-0.1, -0.05) is 29.8 Å². The van der Waals surface area contributed by atoms with E-state index in [2.05, 4.69) is 5.32 Å². The predicted molar refractivity (Wildman–Crippen MR) is 110 cm³/mol. The summed E-state index contributed by atoms with van der Waals surface area (Å²) in [4.78, 5) is 37.9. The van der Waals surface area contributed by atoms with Gasteiger partial charge in [0.1, 0.15) is 5.82 Å². The zero-order valence-corrected chi connectivity index (χ0v) is 17.3. The molecule has 0 saturated heterocycles. The number of hydrogen-bond acceptors (Lipinski definition) is 5. The van der Waals surface area contributed by atoms with E-state index in [1.54, 1.807) is 30.3 Å². The van der Waals surface area contributed by atoms with Crippen LogP contribution < -0.4 is 5.32 Å². The van der Waals surface area contributed by atoms with Gasteiger partial charge in [-0.05, 0) is 38.1 Å². The normalized spacial score (nSPS) is 11.4. The molecule has 0 aliphatic carbocycles. The fourth-order valence-corrected chi connectivity index (χ4v) is 3.14. The monoisotopic (exact) mass is 418 g/mol. The third-order valence-corrected chi connectivity index (χ3v) is 4.95. The molecule has 154 valence electrons. The smallest absolute Gasteiger partial charge is 0.317 e. The van der Waals surface area contributed by atoms with Crippen LogP contribution in [0.1, 0.15) is 12.5 Å². The lowest BCUT2D eigenvalue weighted by atomic mass is 10.2. The van der Waals surface area contributed by atoms with Crippen LogP contribution >= 0.6 is 11.8 Å². The highest BCUT2D eigenvalue weighted by atomic mass is 32.2. The van der Waals surface area contributed by atoms with Gasteiger partial charge in [-0.15, -0.1) is 11.8 Å². The summed E-state index contributed by atoms with van der Waals surface area (Å²) in [5, 5.41) is 2.70. The number of nitrogens with one attached hydrogen (secondary N) is 1. The number of carbonyl (C=O) groups is 3. The Morgan fingerprint density at radius 1 is 1.14 bits per heavy atom. The Balaban J connectivity index is 1.78. The Labute approximate surface area is 173 Å². The van der Waals surface area contributed by atoms with Crippen LogP contribution in [-0.4, -0.2) is 48.1 Å². The molecule has 1 atom stereocenters. The quantitative estimate of drug-likeness (QED) is 0.526. The lowest BCUT2D eigenvalue weighted by Gasteiger charge is -2.21. The molecule has 0 aliphatic rings. The van der Waals surface area contributed by atoms with Gasteiger partial charge in [-0.25, -0.2) is 4.39 Å². The van der Waals surface area contributed by atoms with Crippen molar-refractivity contribution < 1.29 is 23.5 Å². The van der Waals surface area contributed by atoms with Gasteiger partial charge < -0.3 is 15.0 Å². The first-order valence-electron chi connectivity index (χ1n) is 8.94. The Morgan fingerprint density at radius 3 is 2.45 bits per heavy atom. The summed E-state index contributed by atoms with van der Waals surface area (Å²) in [6.45, 7) is 3.19. The molecular formula is C21H23FN2O4S. The van der Waals surface area contributed by atoms with Crippen LogP contribution in [0.5, 0.6) is 0 Å². The molecule has 0 unspecified atom stereocenters. The third kappa shape index (κ3) is 7.23. The molecule has 0 radical (unpaired) electrons. The van der Waals surface area contributed by atoms with Crippen LogP contribution in [0, 0.1) is 12.7 Å². The van der Waals surface area contributed by atoms with E-state index in [0.29, 0.717) is 10.6 Å². The lowest BCUT2D eigenvalue weighted by Crippen LogP contribution is -2.41. The van der Waals surface area contributed by atoms with Crippen molar-refractivity contribution in [2.45, 2.75) is 24.8 Å². The number of ether oxygens (including phenoxy) is 1. The predicted octanol–water partition coefficient (Wildman–Crippen LogP) is 3.26. The SMILES string of the molecule is Cc1ccc(NC(=O)CN(C)C(=O)[C@@H](C)OC(=O)CSc2ccccc2F)cc1. The van der Waals surface area contributed by atoms with E-state index in [1.807, 2.05) is 19.1 Å². The summed E-state index contributed by atoms with van der Waals surface area (Å²) >= 11 is 0.992. The van der Waals surface area contributed by atoms with Gasteiger partial charge in [-0.2, -0.15) is 0 Å². The number of aryl methyl sites for hydroxylation is 1. The second kappa shape index (κ2) is 10.6. The molecule has 6 nitrogen and oxygen atoms in total. The van der Waals surface area contributed by atoms with Gasteiger partial charge in [0.2, 0.25) is 5.91 Å². The number of esters is 1. The number of carbonyl (C=O) groups excluding carboxylic acids is 3. The number of hydrogen-bond donors (Lipinski definition) is 1. The van der Waals surface area contributed by atoms with Crippen LogP contribution in [0.4, 0.5) is 10.1 Å². The van der Waals surface area contributed by atoms with Crippen LogP contribution in [0.2, 0.25) is 0 Å². The van der Waals surface area contributed by atoms with Crippen molar-refractivity contribution in [1.29, 1.82) is 0 Å². The van der Waals surface area contributed by atoms with E-state index in [4.69, 9.17) is 4.74 Å². The summed E-state index contributed by atoms with van der Waals surface area (Å²) in [6.07, 6.45) is -1.05. The first-order valence-corrected chi connectivity index (χ1v) is 9.93. The van der Waals surface area contributed by atoms with E-state index in [1.165, 1.54) is 24.9 Å². The standard InChI is InChI=1S/C21H23FN2O4S/c1-14-8-10-16(11-9-14)23-19(25)12-24(3)21(27)15(2)28-20(26)13-29-18-7-5-4-6-17(18)22/h4-11,15H,12-13H2,1-3H3,(H,23,25)/t15-/m1/s1. The largest absolute Gasteiger partial charge is 0.452 e. The summed E-state index contributed by atoms with van der Waals surface area (Å²) in [6, 6.07) is 13.4. The third-order valence-electron chi connectivity index (χ3n) is 3.93. The van der Waals surface area contributed by atoms with E-state index in [9.17, 15) is 18.8 Å². The molecular weight excluding hydrogens is 395 g/mol. The Bertz CT molecular complexity index is 873. The van der Waals surface area contributed by atoms with Gasteiger partial charge in [0.05, 0.1) is 12.3 Å². The maximum atomic E-state index is 13.6. The van der Waals surface area contributed by atoms with Crippen molar-refractivity contribution in [2.24, 2.45) is 0 Å². The van der Waals surface area contributed by atoms with Gasteiger partial charge in [0.25, 0.3) is 5.91 Å². The van der Waals surface area contributed by atoms with Crippen molar-refractivity contribution in [2.75, 3.05) is 24.7 Å². The molecule has 2 aromatic rings. The van der Waals surface area contributed by atoms with E-state index in [0.717, 1.165) is 17.3 Å². The van der Waals surface area contributed by atoms with Crippen LogP contribution in [0.15, 0.2) is 53.4 Å². The minimum Gasteiger partial charge on any atom is -0.452 e. The molecule has 8 heteroatoms. The Kier molecular flexibility index (Phi) is 8.21. The molecule has 0 heterocycles. The average molecular weight is 418 g/mol. The van der Waals surface area contributed by atoms with Gasteiger partial charge >= 0.3 is 5.97 Å². The number of thioether (sulfide) groups is 1. The van der Waals surface area contributed by atoms with Crippen molar-refractivity contribution in [3.63, 3.8) is 0 Å². The highest BCUT2D eigenvalue weighted by Crippen LogP contribution is 2.21.